The van der Waals surface area contributed by atoms with Gasteiger partial charge in [0.1, 0.15) is 6.11 Å². The minimum Gasteiger partial charge on any atom is -0.447 e. The van der Waals surface area contributed by atoms with Crippen molar-refractivity contribution in [3.8, 4) is 12.0 Å². The zero-order valence-electron chi connectivity index (χ0n) is 9.66. The average molecular weight is 216 g/mol. The Balaban J connectivity index is 3.09. The van der Waals surface area contributed by atoms with Crippen molar-refractivity contribution in [2.45, 2.75) is 19.4 Å². The Morgan fingerprint density at radius 3 is 2.56 bits per heavy atom. The van der Waals surface area contributed by atoms with Crippen molar-refractivity contribution in [2.75, 3.05) is 6.61 Å². The van der Waals surface area contributed by atoms with Gasteiger partial charge in [0.25, 0.3) is 0 Å². The van der Waals surface area contributed by atoms with Gasteiger partial charge in [0, 0.05) is 5.56 Å². The van der Waals surface area contributed by atoms with E-state index in [1.807, 2.05) is 37.3 Å². The van der Waals surface area contributed by atoms with Crippen molar-refractivity contribution < 1.29 is 9.84 Å². The van der Waals surface area contributed by atoms with E-state index in [0.717, 1.165) is 0 Å². The van der Waals surface area contributed by atoms with Gasteiger partial charge in [-0.3, -0.25) is 0 Å². The number of benzene rings is 1. The molecule has 0 saturated carbocycles. The number of rotatable bonds is 3. The molecule has 84 valence electrons. The second-order valence-electron chi connectivity index (χ2n) is 3.52. The largest absolute Gasteiger partial charge is 0.447 e. The van der Waals surface area contributed by atoms with Crippen molar-refractivity contribution >= 4 is 0 Å². The third kappa shape index (κ3) is 2.65. The fraction of sp³-hybridized carbons (Fsp3) is 0.286. The molecule has 1 unspecified atom stereocenters. The van der Waals surface area contributed by atoms with E-state index in [1.54, 1.807) is 6.92 Å². The molecule has 16 heavy (non-hydrogen) atoms. The summed E-state index contributed by atoms with van der Waals surface area (Å²) in [5, 5.41) is 10.4. The zero-order valence-corrected chi connectivity index (χ0v) is 9.66. The summed E-state index contributed by atoms with van der Waals surface area (Å²) in [5.41, 5.74) is -0.0585. The molecule has 0 aliphatic carbocycles. The Bertz CT molecular complexity index is 411. The lowest BCUT2D eigenvalue weighted by atomic mass is 9.89. The topological polar surface area (TPSA) is 29.5 Å². The molecule has 0 radical (unpaired) electrons. The molecule has 1 aromatic rings. The third-order valence-corrected chi connectivity index (χ3v) is 2.26. The molecular formula is C14H16O2. The predicted octanol–water partition coefficient (Wildman–Crippen LogP) is 2.45. The van der Waals surface area contributed by atoms with Crippen LogP contribution in [0.1, 0.15) is 19.4 Å². The van der Waals surface area contributed by atoms with Gasteiger partial charge >= 0.3 is 0 Å². The molecule has 2 heteroatoms. The van der Waals surface area contributed by atoms with E-state index in [1.165, 1.54) is 0 Å². The molecule has 0 amide bonds. The third-order valence-electron chi connectivity index (χ3n) is 2.26. The summed E-state index contributed by atoms with van der Waals surface area (Å²) in [4.78, 5) is 0. The fourth-order valence-corrected chi connectivity index (χ4v) is 1.29. The van der Waals surface area contributed by atoms with E-state index in [4.69, 9.17) is 4.74 Å². The van der Waals surface area contributed by atoms with Crippen LogP contribution in [-0.4, -0.2) is 11.7 Å². The highest BCUT2D eigenvalue weighted by molar-refractivity contribution is 5.39. The van der Waals surface area contributed by atoms with Crippen LogP contribution in [0.2, 0.25) is 0 Å². The molecule has 0 aliphatic rings. The maximum absolute atomic E-state index is 10.4. The lowest BCUT2D eigenvalue weighted by Gasteiger charge is -2.22. The van der Waals surface area contributed by atoms with Gasteiger partial charge in [0.15, 0.2) is 5.60 Å². The van der Waals surface area contributed by atoms with Crippen molar-refractivity contribution in [1.82, 2.24) is 0 Å². The lowest BCUT2D eigenvalue weighted by Crippen LogP contribution is -2.24. The SMILES string of the molecule is C=C(C)C(O)(C#COCC)c1ccccc1. The Kier molecular flexibility index (Phi) is 4.16. The van der Waals surface area contributed by atoms with Crippen LogP contribution < -0.4 is 0 Å². The second-order valence-corrected chi connectivity index (χ2v) is 3.52. The molecule has 1 N–H and O–H groups in total. The van der Waals surface area contributed by atoms with Crippen molar-refractivity contribution in [1.29, 1.82) is 0 Å². The van der Waals surface area contributed by atoms with Crippen LogP contribution in [0.4, 0.5) is 0 Å². The van der Waals surface area contributed by atoms with Gasteiger partial charge in [-0.25, -0.2) is 0 Å². The van der Waals surface area contributed by atoms with E-state index in [2.05, 4.69) is 18.6 Å². The normalized spacial score (nSPS) is 13.2. The average Bonchev–Trinajstić information content (AvgIpc) is 2.30. The molecule has 1 rings (SSSR count). The molecule has 0 heterocycles. The zero-order chi connectivity index (χ0) is 12.0. The van der Waals surface area contributed by atoms with Crippen LogP contribution in [0.25, 0.3) is 0 Å². The first-order valence-corrected chi connectivity index (χ1v) is 5.19. The van der Waals surface area contributed by atoms with Crippen LogP contribution >= 0.6 is 0 Å². The highest BCUT2D eigenvalue weighted by atomic mass is 16.5. The van der Waals surface area contributed by atoms with Crippen LogP contribution in [0.15, 0.2) is 42.5 Å². The second kappa shape index (κ2) is 5.39. The Hall–Kier alpha value is -1.72. The summed E-state index contributed by atoms with van der Waals surface area (Å²) in [6.45, 7) is 7.86. The van der Waals surface area contributed by atoms with Gasteiger partial charge in [-0.2, -0.15) is 0 Å². The van der Waals surface area contributed by atoms with E-state index in [0.29, 0.717) is 17.7 Å². The molecule has 2 nitrogen and oxygen atoms in total. The first kappa shape index (κ1) is 12.4. The van der Waals surface area contributed by atoms with Gasteiger partial charge in [0.2, 0.25) is 0 Å². The van der Waals surface area contributed by atoms with Crippen LogP contribution in [0.5, 0.6) is 0 Å². The van der Waals surface area contributed by atoms with Gasteiger partial charge in [-0.1, -0.05) is 36.9 Å². The molecule has 0 bridgehead atoms. The minimum atomic E-state index is -1.34. The lowest BCUT2D eigenvalue weighted by molar-refractivity contribution is 0.139. The van der Waals surface area contributed by atoms with Crippen molar-refractivity contribution in [3.63, 3.8) is 0 Å². The van der Waals surface area contributed by atoms with Crippen molar-refractivity contribution in [3.05, 3.63) is 48.0 Å². The number of hydrogen-bond donors (Lipinski definition) is 1. The standard InChI is InChI=1S/C14H16O2/c1-4-16-11-10-14(15,12(2)3)13-8-6-5-7-9-13/h5-9,15H,2,4H2,1,3H3. The van der Waals surface area contributed by atoms with Gasteiger partial charge in [-0.05, 0) is 25.3 Å². The van der Waals surface area contributed by atoms with Gasteiger partial charge in [0.05, 0.1) is 6.61 Å². The van der Waals surface area contributed by atoms with Gasteiger partial charge in [-0.15, -0.1) is 0 Å². The smallest absolute Gasteiger partial charge is 0.175 e. The first-order valence-electron chi connectivity index (χ1n) is 5.19. The number of aliphatic hydroxyl groups is 1. The summed E-state index contributed by atoms with van der Waals surface area (Å²) in [7, 11) is 0. The minimum absolute atomic E-state index is 0.494. The molecule has 0 aromatic heterocycles. The van der Waals surface area contributed by atoms with Crippen LogP contribution in [-0.2, 0) is 10.3 Å². The quantitative estimate of drug-likeness (QED) is 0.621. The van der Waals surface area contributed by atoms with E-state index >= 15 is 0 Å². The summed E-state index contributed by atoms with van der Waals surface area (Å²) in [6.07, 6.45) is 2.49. The van der Waals surface area contributed by atoms with E-state index in [9.17, 15) is 5.11 Å². The van der Waals surface area contributed by atoms with E-state index in [-0.39, 0.29) is 0 Å². The fourth-order valence-electron chi connectivity index (χ4n) is 1.29. The maximum atomic E-state index is 10.4. The molecule has 1 aromatic carbocycles. The maximum Gasteiger partial charge on any atom is 0.175 e. The number of hydrogen-bond acceptors (Lipinski definition) is 2. The highest BCUT2D eigenvalue weighted by Crippen LogP contribution is 2.27. The molecule has 0 spiro atoms. The summed E-state index contributed by atoms with van der Waals surface area (Å²) >= 11 is 0. The van der Waals surface area contributed by atoms with Crippen LogP contribution in [0, 0.1) is 12.0 Å². The first-order chi connectivity index (χ1) is 7.61. The summed E-state index contributed by atoms with van der Waals surface area (Å²) in [6, 6.07) is 9.22. The highest BCUT2D eigenvalue weighted by Gasteiger charge is 2.27. The van der Waals surface area contributed by atoms with Gasteiger partial charge < -0.3 is 9.84 Å². The summed E-state index contributed by atoms with van der Waals surface area (Å²) < 4.78 is 4.94. The Morgan fingerprint density at radius 1 is 1.44 bits per heavy atom. The van der Waals surface area contributed by atoms with Crippen molar-refractivity contribution in [2.24, 2.45) is 0 Å². The Labute approximate surface area is 96.6 Å². The summed E-state index contributed by atoms with van der Waals surface area (Å²) in [5.74, 6) is 2.70. The van der Waals surface area contributed by atoms with E-state index < -0.39 is 5.60 Å². The predicted molar refractivity (Wildman–Crippen MR) is 64.6 cm³/mol. The molecule has 0 saturated heterocycles. The molecule has 0 aliphatic heterocycles. The van der Waals surface area contributed by atoms with Crippen LogP contribution in [0.3, 0.4) is 0 Å². The monoisotopic (exact) mass is 216 g/mol. The Morgan fingerprint density at radius 2 is 2.06 bits per heavy atom. The number of ether oxygens (including phenoxy) is 1. The molecular weight excluding hydrogens is 200 g/mol. The molecule has 1 atom stereocenters. The molecule has 0 fully saturated rings.